The average molecular weight is 286 g/mol. The molecular weight excluding hydrogens is 272 g/mol. The second-order valence-electron chi connectivity index (χ2n) is 3.75. The molecule has 98 valence electrons. The fraction of sp³-hybridized carbons (Fsp3) is 0.750. The quantitative estimate of drug-likeness (QED) is 0.463. The van der Waals surface area contributed by atoms with Crippen LogP contribution in [0.25, 0.3) is 0 Å². The van der Waals surface area contributed by atoms with Gasteiger partial charge in [-0.2, -0.15) is 12.6 Å². The molecule has 2 aromatic rings. The molecule has 2 aromatic heterocycles. The van der Waals surface area contributed by atoms with Crippen LogP contribution in [0.3, 0.4) is 0 Å². The zero-order valence-electron chi connectivity index (χ0n) is 10.1. The van der Waals surface area contributed by atoms with E-state index < -0.39 is 0 Å². The molecular formula is C8H14N8S2. The fourth-order valence-corrected chi connectivity index (χ4v) is 2.64. The van der Waals surface area contributed by atoms with E-state index in [1.54, 1.807) is 21.1 Å². The molecule has 0 N–H and O–H groups in total. The van der Waals surface area contributed by atoms with Gasteiger partial charge in [-0.1, -0.05) is 11.8 Å². The van der Waals surface area contributed by atoms with Crippen molar-refractivity contribution in [3.8, 4) is 0 Å². The van der Waals surface area contributed by atoms with Crippen molar-refractivity contribution < 1.29 is 0 Å². The number of thioether (sulfide) groups is 1. The number of rotatable bonds is 6. The minimum absolute atomic E-state index is 0.0585. The number of nitrogens with zero attached hydrogens (tertiary/aromatic N) is 8. The van der Waals surface area contributed by atoms with Gasteiger partial charge in [0.1, 0.15) is 0 Å². The Kier molecular flexibility index (Phi) is 4.53. The Bertz CT molecular complexity index is 495. The van der Waals surface area contributed by atoms with Gasteiger partial charge in [-0.3, -0.25) is 0 Å². The third-order valence-corrected chi connectivity index (χ3v) is 3.97. The monoisotopic (exact) mass is 286 g/mol. The first kappa shape index (κ1) is 13.3. The van der Waals surface area contributed by atoms with Gasteiger partial charge in [0, 0.05) is 19.8 Å². The Labute approximate surface area is 114 Å². The van der Waals surface area contributed by atoms with Gasteiger partial charge in [0.15, 0.2) is 5.82 Å². The Balaban J connectivity index is 1.73. The van der Waals surface area contributed by atoms with Crippen molar-refractivity contribution in [1.82, 2.24) is 40.4 Å². The summed E-state index contributed by atoms with van der Waals surface area (Å²) in [6.07, 6.45) is 1.91. The van der Waals surface area contributed by atoms with Crippen molar-refractivity contribution in [2.45, 2.75) is 23.2 Å². The van der Waals surface area contributed by atoms with Gasteiger partial charge in [-0.05, 0) is 33.7 Å². The molecule has 0 aliphatic heterocycles. The highest BCUT2D eigenvalue weighted by atomic mass is 32.2. The molecule has 0 saturated heterocycles. The molecule has 2 heterocycles. The molecule has 10 heteroatoms. The smallest absolute Gasteiger partial charge is 0.209 e. The minimum Gasteiger partial charge on any atom is -0.232 e. The maximum atomic E-state index is 4.51. The lowest BCUT2D eigenvalue weighted by molar-refractivity contribution is 0.648. The lowest BCUT2D eigenvalue weighted by Crippen LogP contribution is -2.03. The largest absolute Gasteiger partial charge is 0.232 e. The minimum atomic E-state index is 0.0585. The first-order valence-electron chi connectivity index (χ1n) is 5.44. The number of hydrogen-bond acceptors (Lipinski definition) is 8. The summed E-state index contributed by atoms with van der Waals surface area (Å²) in [4.78, 5) is 0. The van der Waals surface area contributed by atoms with Gasteiger partial charge >= 0.3 is 0 Å². The molecule has 0 radical (unpaired) electrons. The van der Waals surface area contributed by atoms with Crippen LogP contribution in [0, 0.1) is 0 Å². The summed E-state index contributed by atoms with van der Waals surface area (Å²) in [5, 5.41) is 23.5. The van der Waals surface area contributed by atoms with Crippen molar-refractivity contribution >= 4 is 24.4 Å². The molecule has 0 aliphatic rings. The van der Waals surface area contributed by atoms with Gasteiger partial charge < -0.3 is 0 Å². The summed E-state index contributed by atoms with van der Waals surface area (Å²) >= 11 is 6.14. The van der Waals surface area contributed by atoms with Crippen molar-refractivity contribution in [2.24, 2.45) is 14.1 Å². The van der Waals surface area contributed by atoms with E-state index in [1.807, 2.05) is 14.1 Å². The average Bonchev–Trinajstić information content (AvgIpc) is 2.94. The van der Waals surface area contributed by atoms with E-state index in [0.717, 1.165) is 29.6 Å². The van der Waals surface area contributed by atoms with Crippen LogP contribution in [0.4, 0.5) is 0 Å². The highest BCUT2D eigenvalue weighted by Gasteiger charge is 2.13. The molecule has 0 aromatic carbocycles. The molecule has 0 bridgehead atoms. The highest BCUT2D eigenvalue weighted by molar-refractivity contribution is 7.99. The van der Waals surface area contributed by atoms with E-state index in [9.17, 15) is 0 Å². The summed E-state index contributed by atoms with van der Waals surface area (Å²) in [6.45, 7) is 0. The van der Waals surface area contributed by atoms with Gasteiger partial charge in [-0.15, -0.1) is 10.2 Å². The second kappa shape index (κ2) is 6.14. The van der Waals surface area contributed by atoms with Gasteiger partial charge in [-0.25, -0.2) is 9.36 Å². The Morgan fingerprint density at radius 3 is 2.50 bits per heavy atom. The number of aromatic nitrogens is 8. The van der Waals surface area contributed by atoms with Crippen LogP contribution in [0.2, 0.25) is 0 Å². The van der Waals surface area contributed by atoms with Crippen molar-refractivity contribution in [2.75, 3.05) is 5.75 Å². The summed E-state index contributed by atoms with van der Waals surface area (Å²) in [7, 11) is 3.65. The molecule has 0 aliphatic carbocycles. The Morgan fingerprint density at radius 2 is 1.89 bits per heavy atom. The molecule has 1 atom stereocenters. The molecule has 2 rings (SSSR count). The van der Waals surface area contributed by atoms with Crippen LogP contribution in [0.15, 0.2) is 5.16 Å². The first-order chi connectivity index (χ1) is 8.68. The number of tetrazole rings is 2. The zero-order chi connectivity index (χ0) is 13.0. The number of thiol groups is 1. The molecule has 1 unspecified atom stereocenters. The SMILES string of the molecule is Cn1nnnc1SCCCC(S)c1nnnn1C. The third-order valence-electron chi connectivity index (χ3n) is 2.39. The fourth-order valence-electron chi connectivity index (χ4n) is 1.43. The first-order valence-corrected chi connectivity index (χ1v) is 6.94. The summed E-state index contributed by atoms with van der Waals surface area (Å²) < 4.78 is 3.31. The van der Waals surface area contributed by atoms with E-state index in [0.29, 0.717) is 0 Å². The van der Waals surface area contributed by atoms with Crippen LogP contribution in [-0.4, -0.2) is 46.2 Å². The predicted molar refractivity (Wildman–Crippen MR) is 69.3 cm³/mol. The van der Waals surface area contributed by atoms with Crippen molar-refractivity contribution in [1.29, 1.82) is 0 Å². The molecule has 0 saturated carbocycles. The molecule has 0 amide bonds. The topological polar surface area (TPSA) is 87.2 Å². The molecule has 0 fully saturated rings. The Morgan fingerprint density at radius 1 is 1.17 bits per heavy atom. The molecule has 8 nitrogen and oxygen atoms in total. The highest BCUT2D eigenvalue weighted by Crippen LogP contribution is 2.24. The van der Waals surface area contributed by atoms with Crippen molar-refractivity contribution in [3.05, 3.63) is 5.82 Å². The van der Waals surface area contributed by atoms with Crippen LogP contribution in [0.5, 0.6) is 0 Å². The second-order valence-corrected chi connectivity index (χ2v) is 5.44. The number of aryl methyl sites for hydroxylation is 2. The zero-order valence-corrected chi connectivity index (χ0v) is 11.8. The van der Waals surface area contributed by atoms with Crippen LogP contribution in [-0.2, 0) is 14.1 Å². The summed E-state index contributed by atoms with van der Waals surface area (Å²) in [5.41, 5.74) is 0. The predicted octanol–water partition coefficient (Wildman–Crippen LogP) is 0.277. The third kappa shape index (κ3) is 3.19. The Hall–Kier alpha value is -1.16. The summed E-state index contributed by atoms with van der Waals surface area (Å²) in [6, 6.07) is 0. The normalized spacial score (nSPS) is 12.8. The molecule has 18 heavy (non-hydrogen) atoms. The van der Waals surface area contributed by atoms with Crippen LogP contribution < -0.4 is 0 Å². The van der Waals surface area contributed by atoms with E-state index in [-0.39, 0.29) is 5.25 Å². The maximum absolute atomic E-state index is 4.51. The van der Waals surface area contributed by atoms with E-state index in [2.05, 4.69) is 43.7 Å². The number of hydrogen-bond donors (Lipinski definition) is 1. The van der Waals surface area contributed by atoms with Gasteiger partial charge in [0.05, 0.1) is 5.25 Å². The van der Waals surface area contributed by atoms with Crippen LogP contribution >= 0.6 is 24.4 Å². The maximum Gasteiger partial charge on any atom is 0.209 e. The van der Waals surface area contributed by atoms with E-state index >= 15 is 0 Å². The summed E-state index contributed by atoms with van der Waals surface area (Å²) in [5.74, 6) is 1.74. The van der Waals surface area contributed by atoms with Crippen molar-refractivity contribution in [3.63, 3.8) is 0 Å². The lowest BCUT2D eigenvalue weighted by Gasteiger charge is -2.07. The molecule has 0 spiro atoms. The van der Waals surface area contributed by atoms with E-state index in [1.165, 1.54) is 0 Å². The standard InChI is InChI=1S/C8H14N8S2/c1-15-7(9-11-13-15)6(17)4-3-5-18-8-10-12-14-16(8)2/h6,17H,3-5H2,1-2H3. The van der Waals surface area contributed by atoms with Gasteiger partial charge in [0.2, 0.25) is 5.16 Å². The van der Waals surface area contributed by atoms with Crippen LogP contribution in [0.1, 0.15) is 23.9 Å². The van der Waals surface area contributed by atoms with Gasteiger partial charge in [0.25, 0.3) is 0 Å². The van der Waals surface area contributed by atoms with E-state index in [4.69, 9.17) is 0 Å². The lowest BCUT2D eigenvalue weighted by atomic mass is 10.2.